The molecular formula is C24H12N12O28Ti. The van der Waals surface area contributed by atoms with Gasteiger partial charge in [-0.3, -0.25) is 121 Å². The van der Waals surface area contributed by atoms with E-state index in [9.17, 15) is 121 Å². The summed E-state index contributed by atoms with van der Waals surface area (Å²) in [7, 11) is 0. The Hall–Kier alpha value is -10.4. The standard InChI is InChI=1S/4C6H3N3O7.Ti/c4*10-6-4(8(13)14)1-3(7(11)12)2-5(6)9(15)16;/h4*1-2,10H;. The molecule has 0 spiro atoms. The molecule has 0 heterocycles. The maximum atomic E-state index is 10.4. The summed E-state index contributed by atoms with van der Waals surface area (Å²) in [6.07, 6.45) is 0. The SMILES string of the molecule is O=[N+]([O-])c1cc([N+](=O)[O-])c(O)c([N+](=O)[O-])c1.O=[N+]([O-])c1cc([N+](=O)[O-])c(O)c([N+](=O)[O-])c1.O=[N+]([O-])c1cc([N+](=O)[O-])c(O)c([N+](=O)[O-])c1.O=[N+]([O-])c1cc([N+](=O)[O-])c(O)c([N+](=O)[O-])c1.[Ti]. The molecule has 0 bridgehead atoms. The van der Waals surface area contributed by atoms with Gasteiger partial charge in [0.05, 0.1) is 108 Å². The second kappa shape index (κ2) is 22.3. The molecule has 4 rings (SSSR count). The average molecular weight is 964 g/mol. The molecule has 0 aliphatic carbocycles. The Morgan fingerprint density at radius 2 is 0.323 bits per heavy atom. The van der Waals surface area contributed by atoms with Crippen molar-refractivity contribution in [3.8, 4) is 23.0 Å². The number of nitro groups is 12. The van der Waals surface area contributed by atoms with Crippen LogP contribution in [-0.4, -0.2) is 79.5 Å². The predicted octanol–water partition coefficient (Wildman–Crippen LogP) is 4.46. The van der Waals surface area contributed by atoms with Crippen molar-refractivity contribution in [3.05, 3.63) is 170 Å². The number of phenols is 4. The van der Waals surface area contributed by atoms with Crippen LogP contribution in [0.2, 0.25) is 0 Å². The Morgan fingerprint density at radius 3 is 0.385 bits per heavy atom. The van der Waals surface area contributed by atoms with Crippen molar-refractivity contribution >= 4 is 68.2 Å². The summed E-state index contributed by atoms with van der Waals surface area (Å²) in [5, 5.41) is 161. The zero-order valence-electron chi connectivity index (χ0n) is 30.1. The quantitative estimate of drug-likeness (QED) is 0.0864. The molecular weight excluding hydrogens is 952 g/mol. The van der Waals surface area contributed by atoms with Crippen molar-refractivity contribution in [2.24, 2.45) is 0 Å². The molecule has 0 radical (unpaired) electrons. The van der Waals surface area contributed by atoms with Crippen LogP contribution < -0.4 is 0 Å². The molecule has 0 saturated heterocycles. The van der Waals surface area contributed by atoms with Crippen LogP contribution in [-0.2, 0) is 21.7 Å². The first-order chi connectivity index (χ1) is 29.4. The molecule has 340 valence electrons. The van der Waals surface area contributed by atoms with Crippen LogP contribution in [0.25, 0.3) is 0 Å². The second-order valence-corrected chi connectivity index (χ2v) is 10.4. The van der Waals surface area contributed by atoms with Crippen LogP contribution in [0.5, 0.6) is 23.0 Å². The third kappa shape index (κ3) is 13.8. The van der Waals surface area contributed by atoms with Crippen LogP contribution in [0.15, 0.2) is 48.5 Å². The van der Waals surface area contributed by atoms with E-state index in [0.717, 1.165) is 0 Å². The summed E-state index contributed by atoms with van der Waals surface area (Å²) in [6, 6.07) is 3.57. The first-order valence-corrected chi connectivity index (χ1v) is 14.6. The third-order valence-electron chi connectivity index (χ3n) is 6.63. The van der Waals surface area contributed by atoms with Crippen LogP contribution in [0.4, 0.5) is 68.2 Å². The molecule has 4 aromatic carbocycles. The Bertz CT molecular complexity index is 2220. The van der Waals surface area contributed by atoms with Gasteiger partial charge in [-0.25, -0.2) is 0 Å². The molecule has 41 heteroatoms. The number of nitro benzene ring substituents is 12. The number of aromatic hydroxyl groups is 4. The summed E-state index contributed by atoms with van der Waals surface area (Å²) in [4.78, 5) is 111. The first-order valence-electron chi connectivity index (χ1n) is 14.6. The molecule has 0 aromatic heterocycles. The number of phenolic OH excluding ortho intramolecular Hbond substituents is 4. The molecule has 0 unspecified atom stereocenters. The number of rotatable bonds is 12. The number of benzene rings is 4. The first kappa shape index (κ1) is 54.6. The van der Waals surface area contributed by atoms with E-state index in [-0.39, 0.29) is 21.7 Å². The molecule has 4 N–H and O–H groups in total. The summed E-state index contributed by atoms with van der Waals surface area (Å²) in [6.45, 7) is 0. The van der Waals surface area contributed by atoms with Crippen molar-refractivity contribution in [1.82, 2.24) is 0 Å². The van der Waals surface area contributed by atoms with Gasteiger partial charge in [0, 0.05) is 21.7 Å². The zero-order chi connectivity index (χ0) is 49.8. The molecule has 0 amide bonds. The van der Waals surface area contributed by atoms with E-state index >= 15 is 0 Å². The molecule has 0 fully saturated rings. The van der Waals surface area contributed by atoms with Gasteiger partial charge < -0.3 is 20.4 Å². The average Bonchev–Trinajstić information content (AvgIpc) is 3.17. The smallest absolute Gasteiger partial charge is 0.324 e. The van der Waals surface area contributed by atoms with Gasteiger partial charge in [-0.1, -0.05) is 0 Å². The summed E-state index contributed by atoms with van der Waals surface area (Å²) in [5.74, 6) is -4.83. The van der Waals surface area contributed by atoms with Crippen molar-refractivity contribution < 1.29 is 101 Å². The third-order valence-corrected chi connectivity index (χ3v) is 6.63. The molecule has 0 saturated carbocycles. The second-order valence-electron chi connectivity index (χ2n) is 10.4. The van der Waals surface area contributed by atoms with Gasteiger partial charge in [0.15, 0.2) is 0 Å². The Kier molecular flexibility index (Phi) is 18.7. The van der Waals surface area contributed by atoms with Gasteiger partial charge in [-0.05, 0) is 0 Å². The maximum Gasteiger partial charge on any atom is 0.324 e. The normalized spacial score (nSPS) is 9.60. The maximum absolute atomic E-state index is 10.4. The van der Waals surface area contributed by atoms with Gasteiger partial charge in [0.2, 0.25) is 0 Å². The summed E-state index contributed by atoms with van der Waals surface area (Å²) >= 11 is 0. The number of hydrogen-bond donors (Lipinski definition) is 4. The van der Waals surface area contributed by atoms with Crippen LogP contribution in [0, 0.1) is 121 Å². The van der Waals surface area contributed by atoms with Crippen LogP contribution in [0.3, 0.4) is 0 Å². The summed E-state index contributed by atoms with van der Waals surface area (Å²) < 4.78 is 0. The Balaban J connectivity index is 0.000000836. The van der Waals surface area contributed by atoms with Gasteiger partial charge in [-0.15, -0.1) is 0 Å². The minimum absolute atomic E-state index is 0. The zero-order valence-corrected chi connectivity index (χ0v) is 31.6. The van der Waals surface area contributed by atoms with E-state index in [1.807, 2.05) is 0 Å². The van der Waals surface area contributed by atoms with Gasteiger partial charge in [0.1, 0.15) is 0 Å². The molecule has 65 heavy (non-hydrogen) atoms. The Labute approximate surface area is 362 Å². The molecule has 0 aliphatic rings. The fraction of sp³-hybridized carbons (Fsp3) is 0. The van der Waals surface area contributed by atoms with Gasteiger partial charge in [0.25, 0.3) is 45.7 Å². The fourth-order valence-electron chi connectivity index (χ4n) is 3.89. The Morgan fingerprint density at radius 1 is 0.231 bits per heavy atom. The van der Waals surface area contributed by atoms with Crippen molar-refractivity contribution in [2.75, 3.05) is 0 Å². The van der Waals surface area contributed by atoms with Crippen LogP contribution >= 0.6 is 0 Å². The van der Waals surface area contributed by atoms with Gasteiger partial charge in [-0.2, -0.15) is 0 Å². The minimum atomic E-state index is -1.21. The van der Waals surface area contributed by atoms with Crippen molar-refractivity contribution in [2.45, 2.75) is 0 Å². The molecule has 40 nitrogen and oxygen atoms in total. The number of hydrogen-bond acceptors (Lipinski definition) is 28. The monoisotopic (exact) mass is 964 g/mol. The van der Waals surface area contributed by atoms with Crippen LogP contribution in [0.1, 0.15) is 0 Å². The van der Waals surface area contributed by atoms with Crippen molar-refractivity contribution in [1.29, 1.82) is 0 Å². The molecule has 4 aromatic rings. The van der Waals surface area contributed by atoms with E-state index in [1.165, 1.54) is 0 Å². The van der Waals surface area contributed by atoms with Gasteiger partial charge >= 0.3 is 45.5 Å². The minimum Gasteiger partial charge on any atom is -0.497 e. The van der Waals surface area contributed by atoms with E-state index in [2.05, 4.69) is 0 Å². The number of nitrogens with zero attached hydrogens (tertiary/aromatic N) is 12. The van der Waals surface area contributed by atoms with E-state index in [4.69, 9.17) is 20.4 Å². The van der Waals surface area contributed by atoms with Crippen molar-refractivity contribution in [3.63, 3.8) is 0 Å². The predicted molar refractivity (Wildman–Crippen MR) is 192 cm³/mol. The summed E-state index contributed by atoms with van der Waals surface area (Å²) in [5.41, 5.74) is -12.0. The number of non-ortho nitro benzene ring substituents is 4. The van der Waals surface area contributed by atoms with E-state index in [0.29, 0.717) is 48.5 Å². The van der Waals surface area contributed by atoms with E-state index < -0.39 is 150 Å². The molecule has 0 atom stereocenters. The largest absolute Gasteiger partial charge is 0.497 e. The molecule has 0 aliphatic heterocycles. The topological polar surface area (TPSA) is 599 Å². The fourth-order valence-corrected chi connectivity index (χ4v) is 3.89. The van der Waals surface area contributed by atoms with E-state index in [1.54, 1.807) is 0 Å².